The van der Waals surface area contributed by atoms with Gasteiger partial charge in [0.25, 0.3) is 0 Å². The molecule has 2 nitrogen and oxygen atoms in total. The quantitative estimate of drug-likeness (QED) is 0.452. The van der Waals surface area contributed by atoms with Gasteiger partial charge in [-0.2, -0.15) is 11.8 Å². The summed E-state index contributed by atoms with van der Waals surface area (Å²) in [5.74, 6) is 7.11. The molecule has 0 aromatic carbocycles. The molecule has 2 unspecified atom stereocenters. The maximum Gasteiger partial charge on any atom is 0.0564 e. The fourth-order valence-electron chi connectivity index (χ4n) is 3.01. The van der Waals surface area contributed by atoms with E-state index in [-0.39, 0.29) is 0 Å². The van der Waals surface area contributed by atoms with Crippen molar-refractivity contribution in [2.45, 2.75) is 62.7 Å². The van der Waals surface area contributed by atoms with Crippen molar-refractivity contribution >= 4 is 11.8 Å². The first-order valence-electron chi connectivity index (χ1n) is 6.55. The zero-order chi connectivity index (χ0) is 11.4. The van der Waals surface area contributed by atoms with Gasteiger partial charge in [0.05, 0.1) is 6.04 Å². The highest BCUT2D eigenvalue weighted by Gasteiger charge is 2.39. The summed E-state index contributed by atoms with van der Waals surface area (Å²) < 4.78 is 0.324. The zero-order valence-electron chi connectivity index (χ0n) is 10.3. The van der Waals surface area contributed by atoms with Crippen LogP contribution < -0.4 is 11.3 Å². The minimum atomic E-state index is 0.324. The summed E-state index contributed by atoms with van der Waals surface area (Å²) in [5.41, 5.74) is 4.66. The minimum Gasteiger partial charge on any atom is -0.271 e. The third kappa shape index (κ3) is 2.63. The van der Waals surface area contributed by atoms with Crippen LogP contribution in [0, 0.1) is 0 Å². The van der Waals surface area contributed by atoms with Crippen molar-refractivity contribution < 1.29 is 0 Å². The van der Waals surface area contributed by atoms with E-state index in [1.807, 2.05) is 0 Å². The molecule has 0 spiro atoms. The predicted molar refractivity (Wildman–Crippen MR) is 72.4 cm³/mol. The van der Waals surface area contributed by atoms with Crippen LogP contribution in [-0.2, 0) is 0 Å². The average molecular weight is 240 g/mol. The zero-order valence-corrected chi connectivity index (χ0v) is 11.1. The first-order chi connectivity index (χ1) is 7.76. The van der Waals surface area contributed by atoms with Crippen molar-refractivity contribution in [1.82, 2.24) is 5.43 Å². The number of rotatable bonds is 3. The van der Waals surface area contributed by atoms with Gasteiger partial charge < -0.3 is 0 Å². The summed E-state index contributed by atoms with van der Waals surface area (Å²) in [6.07, 6.45) is 11.6. The van der Waals surface area contributed by atoms with Gasteiger partial charge in [0.1, 0.15) is 0 Å². The average Bonchev–Trinajstić information content (AvgIpc) is 2.54. The highest BCUT2D eigenvalue weighted by Crippen LogP contribution is 2.43. The molecule has 0 saturated carbocycles. The molecule has 1 saturated heterocycles. The Labute approximate surface area is 103 Å². The SMILES string of the molecule is CC1(C(NN)C2=CCCCCC2)CCCS1. The van der Waals surface area contributed by atoms with Crippen molar-refractivity contribution in [1.29, 1.82) is 0 Å². The second-order valence-electron chi connectivity index (χ2n) is 5.24. The molecule has 16 heavy (non-hydrogen) atoms. The highest BCUT2D eigenvalue weighted by atomic mass is 32.2. The molecule has 2 aliphatic rings. The fourth-order valence-corrected chi connectivity index (χ4v) is 4.44. The summed E-state index contributed by atoms with van der Waals surface area (Å²) >= 11 is 2.09. The lowest BCUT2D eigenvalue weighted by atomic mass is 9.88. The van der Waals surface area contributed by atoms with Crippen LogP contribution >= 0.6 is 11.8 Å². The van der Waals surface area contributed by atoms with Gasteiger partial charge in [-0.05, 0) is 51.2 Å². The highest BCUT2D eigenvalue weighted by molar-refractivity contribution is 8.00. The number of nitrogens with two attached hydrogens (primary N) is 1. The summed E-state index contributed by atoms with van der Waals surface area (Å²) in [4.78, 5) is 0. The van der Waals surface area contributed by atoms with Gasteiger partial charge in [0.2, 0.25) is 0 Å². The van der Waals surface area contributed by atoms with E-state index in [4.69, 9.17) is 5.84 Å². The Morgan fingerprint density at radius 3 is 2.94 bits per heavy atom. The monoisotopic (exact) mass is 240 g/mol. The van der Waals surface area contributed by atoms with E-state index in [0.29, 0.717) is 10.8 Å². The molecule has 2 rings (SSSR count). The summed E-state index contributed by atoms with van der Waals surface area (Å²) in [6, 6.07) is 0.387. The number of thioether (sulfide) groups is 1. The molecule has 0 radical (unpaired) electrons. The molecule has 0 aromatic rings. The van der Waals surface area contributed by atoms with Gasteiger partial charge in [-0.25, -0.2) is 0 Å². The molecule has 0 bridgehead atoms. The Balaban J connectivity index is 2.11. The van der Waals surface area contributed by atoms with Crippen molar-refractivity contribution in [3.63, 3.8) is 0 Å². The summed E-state index contributed by atoms with van der Waals surface area (Å²) in [7, 11) is 0. The maximum atomic E-state index is 5.82. The molecule has 2 atom stereocenters. The Morgan fingerprint density at radius 1 is 1.38 bits per heavy atom. The van der Waals surface area contributed by atoms with E-state index in [1.165, 1.54) is 50.7 Å². The van der Waals surface area contributed by atoms with Crippen LogP contribution in [0.4, 0.5) is 0 Å². The third-order valence-electron chi connectivity index (χ3n) is 3.97. The van der Waals surface area contributed by atoms with E-state index in [0.717, 1.165) is 0 Å². The van der Waals surface area contributed by atoms with E-state index in [1.54, 1.807) is 5.57 Å². The number of hydrazine groups is 1. The van der Waals surface area contributed by atoms with Crippen LogP contribution in [-0.4, -0.2) is 16.5 Å². The Bertz CT molecular complexity index is 257. The smallest absolute Gasteiger partial charge is 0.0564 e. The second-order valence-corrected chi connectivity index (χ2v) is 6.87. The van der Waals surface area contributed by atoms with Gasteiger partial charge in [0, 0.05) is 4.75 Å². The van der Waals surface area contributed by atoms with Gasteiger partial charge in [-0.15, -0.1) is 0 Å². The number of hydrogen-bond acceptors (Lipinski definition) is 3. The fraction of sp³-hybridized carbons (Fsp3) is 0.846. The van der Waals surface area contributed by atoms with Crippen LogP contribution in [0.25, 0.3) is 0 Å². The number of nitrogens with one attached hydrogen (secondary N) is 1. The summed E-state index contributed by atoms with van der Waals surface area (Å²) in [6.45, 7) is 2.38. The Kier molecular flexibility index (Phi) is 4.34. The van der Waals surface area contributed by atoms with E-state index in [2.05, 4.69) is 30.2 Å². The number of hydrogen-bond donors (Lipinski definition) is 2. The largest absolute Gasteiger partial charge is 0.271 e. The lowest BCUT2D eigenvalue weighted by molar-refractivity contribution is 0.441. The van der Waals surface area contributed by atoms with Crippen molar-refractivity contribution in [3.05, 3.63) is 11.6 Å². The molecule has 0 aromatic heterocycles. The first kappa shape index (κ1) is 12.5. The third-order valence-corrected chi connectivity index (χ3v) is 5.57. The minimum absolute atomic E-state index is 0.324. The van der Waals surface area contributed by atoms with Crippen molar-refractivity contribution in [3.8, 4) is 0 Å². The molecule has 3 N–H and O–H groups in total. The molecule has 1 aliphatic heterocycles. The van der Waals surface area contributed by atoms with E-state index < -0.39 is 0 Å². The van der Waals surface area contributed by atoms with Gasteiger partial charge >= 0.3 is 0 Å². The maximum absolute atomic E-state index is 5.82. The molecule has 0 amide bonds. The van der Waals surface area contributed by atoms with Gasteiger partial charge in [-0.1, -0.05) is 18.1 Å². The molecule has 1 heterocycles. The van der Waals surface area contributed by atoms with Gasteiger partial charge in [0.15, 0.2) is 0 Å². The predicted octanol–water partition coefficient (Wildman–Crippen LogP) is 2.99. The second kappa shape index (κ2) is 5.56. The van der Waals surface area contributed by atoms with E-state index in [9.17, 15) is 0 Å². The van der Waals surface area contributed by atoms with Crippen LogP contribution in [0.3, 0.4) is 0 Å². The van der Waals surface area contributed by atoms with Gasteiger partial charge in [-0.3, -0.25) is 11.3 Å². The lowest BCUT2D eigenvalue weighted by Crippen LogP contribution is -2.49. The molecule has 92 valence electrons. The number of allylic oxidation sites excluding steroid dienone is 1. The Morgan fingerprint density at radius 2 is 2.25 bits per heavy atom. The van der Waals surface area contributed by atoms with Crippen molar-refractivity contribution in [2.24, 2.45) is 5.84 Å². The molecular weight excluding hydrogens is 216 g/mol. The van der Waals surface area contributed by atoms with Crippen LogP contribution in [0.2, 0.25) is 0 Å². The first-order valence-corrected chi connectivity index (χ1v) is 7.54. The van der Waals surface area contributed by atoms with Crippen LogP contribution in [0.1, 0.15) is 51.9 Å². The Hall–Kier alpha value is 0.01000. The molecular formula is C13H24N2S. The topological polar surface area (TPSA) is 38.0 Å². The standard InChI is InChI=1S/C13H24N2S/c1-13(9-6-10-16-13)12(15-14)11-7-4-2-3-5-8-11/h7,12,15H,2-6,8-10,14H2,1H3. The van der Waals surface area contributed by atoms with Crippen LogP contribution in [0.5, 0.6) is 0 Å². The van der Waals surface area contributed by atoms with Crippen LogP contribution in [0.15, 0.2) is 11.6 Å². The molecule has 1 fully saturated rings. The van der Waals surface area contributed by atoms with Crippen molar-refractivity contribution in [2.75, 3.05) is 5.75 Å². The molecule has 1 aliphatic carbocycles. The van der Waals surface area contributed by atoms with E-state index >= 15 is 0 Å². The molecule has 3 heteroatoms. The lowest BCUT2D eigenvalue weighted by Gasteiger charge is -2.34. The summed E-state index contributed by atoms with van der Waals surface area (Å²) in [5, 5.41) is 0. The normalized spacial score (nSPS) is 33.2.